The lowest BCUT2D eigenvalue weighted by Crippen LogP contribution is -2.39. The minimum Gasteiger partial charge on any atom is -0.459 e. The molecule has 0 bridgehead atoms. The molecule has 0 fully saturated rings. The molecular weight excluding hydrogens is 355 g/mol. The van der Waals surface area contributed by atoms with Crippen LogP contribution in [0.5, 0.6) is 0 Å². The van der Waals surface area contributed by atoms with E-state index in [2.05, 4.69) is 22.6 Å². The van der Waals surface area contributed by atoms with E-state index < -0.39 is 11.0 Å². The first-order valence-electron chi connectivity index (χ1n) is 6.43. The number of halogens is 1. The number of carbonyl (C=O) groups excluding carboxylic acids is 2. The van der Waals surface area contributed by atoms with Gasteiger partial charge in [-0.2, -0.15) is 0 Å². The highest BCUT2D eigenvalue weighted by atomic mass is 127. The quantitative estimate of drug-likeness (QED) is 0.428. The SMILES string of the molecule is CC1=CC(=O)C=CC1(CCCI)C(=O)OC(C)(C)C. The molecule has 0 heterocycles. The fourth-order valence-electron chi connectivity index (χ4n) is 2.07. The van der Waals surface area contributed by atoms with Gasteiger partial charge in [-0.25, -0.2) is 0 Å². The molecule has 0 aromatic rings. The Balaban J connectivity index is 3.07. The third-order valence-electron chi connectivity index (χ3n) is 3.06. The zero-order valence-corrected chi connectivity index (χ0v) is 14.1. The second kappa shape index (κ2) is 6.20. The van der Waals surface area contributed by atoms with E-state index in [0.29, 0.717) is 6.42 Å². The molecule has 3 nitrogen and oxygen atoms in total. The molecule has 0 saturated carbocycles. The molecule has 0 spiro atoms. The molecule has 0 N–H and O–H groups in total. The Morgan fingerprint density at radius 3 is 2.53 bits per heavy atom. The van der Waals surface area contributed by atoms with Gasteiger partial charge in [0.2, 0.25) is 0 Å². The highest BCUT2D eigenvalue weighted by Gasteiger charge is 2.42. The van der Waals surface area contributed by atoms with Crippen molar-refractivity contribution in [2.75, 3.05) is 4.43 Å². The van der Waals surface area contributed by atoms with Gasteiger partial charge in [-0.3, -0.25) is 9.59 Å². The van der Waals surface area contributed by atoms with Crippen LogP contribution >= 0.6 is 22.6 Å². The number of esters is 1. The van der Waals surface area contributed by atoms with E-state index in [4.69, 9.17) is 4.74 Å². The first kappa shape index (κ1) is 16.4. The Bertz CT molecular complexity index is 429. The number of alkyl halides is 1. The molecule has 0 aromatic heterocycles. The summed E-state index contributed by atoms with van der Waals surface area (Å²) in [6.45, 7) is 7.40. The largest absolute Gasteiger partial charge is 0.459 e. The van der Waals surface area contributed by atoms with Crippen LogP contribution in [0, 0.1) is 5.41 Å². The van der Waals surface area contributed by atoms with Crippen LogP contribution in [-0.4, -0.2) is 21.8 Å². The molecule has 0 aliphatic heterocycles. The van der Waals surface area contributed by atoms with Gasteiger partial charge < -0.3 is 4.74 Å². The van der Waals surface area contributed by atoms with Gasteiger partial charge in [-0.15, -0.1) is 0 Å². The summed E-state index contributed by atoms with van der Waals surface area (Å²) in [5.74, 6) is -0.325. The number of ether oxygens (including phenoxy) is 1. The van der Waals surface area contributed by atoms with E-state index in [1.54, 1.807) is 6.08 Å². The molecule has 1 aliphatic rings. The Hall–Kier alpha value is -0.650. The topological polar surface area (TPSA) is 43.4 Å². The first-order valence-corrected chi connectivity index (χ1v) is 7.95. The van der Waals surface area contributed by atoms with Crippen LogP contribution in [0.3, 0.4) is 0 Å². The average molecular weight is 376 g/mol. The third-order valence-corrected chi connectivity index (χ3v) is 3.83. The molecule has 1 aliphatic carbocycles. The van der Waals surface area contributed by atoms with Crippen LogP contribution in [0.25, 0.3) is 0 Å². The van der Waals surface area contributed by atoms with Crippen LogP contribution in [0.4, 0.5) is 0 Å². The second-order valence-electron chi connectivity index (χ2n) is 5.83. The first-order chi connectivity index (χ1) is 8.71. The summed E-state index contributed by atoms with van der Waals surface area (Å²) in [4.78, 5) is 24.0. The molecule has 19 heavy (non-hydrogen) atoms. The molecule has 1 atom stereocenters. The lowest BCUT2D eigenvalue weighted by molar-refractivity contribution is -0.163. The van der Waals surface area contributed by atoms with E-state index in [0.717, 1.165) is 16.4 Å². The van der Waals surface area contributed by atoms with E-state index in [-0.39, 0.29) is 11.8 Å². The Labute approximate surface area is 128 Å². The summed E-state index contributed by atoms with van der Waals surface area (Å²) < 4.78 is 6.51. The fraction of sp³-hybridized carbons (Fsp3) is 0.600. The summed E-state index contributed by atoms with van der Waals surface area (Å²) in [7, 11) is 0. The van der Waals surface area contributed by atoms with Crippen molar-refractivity contribution in [1.82, 2.24) is 0 Å². The Kier molecular flexibility index (Phi) is 5.35. The van der Waals surface area contributed by atoms with Crippen LogP contribution in [-0.2, 0) is 14.3 Å². The maximum Gasteiger partial charge on any atom is 0.320 e. The van der Waals surface area contributed by atoms with Gasteiger partial charge in [0.15, 0.2) is 5.78 Å². The van der Waals surface area contributed by atoms with E-state index >= 15 is 0 Å². The van der Waals surface area contributed by atoms with E-state index in [9.17, 15) is 9.59 Å². The number of rotatable bonds is 4. The van der Waals surface area contributed by atoms with E-state index in [1.165, 1.54) is 12.2 Å². The highest BCUT2D eigenvalue weighted by molar-refractivity contribution is 14.1. The summed E-state index contributed by atoms with van der Waals surface area (Å²) in [6, 6.07) is 0. The van der Waals surface area contributed by atoms with Gasteiger partial charge in [-0.1, -0.05) is 28.7 Å². The van der Waals surface area contributed by atoms with Crippen molar-refractivity contribution in [3.8, 4) is 0 Å². The number of ketones is 1. The van der Waals surface area contributed by atoms with Crippen LogP contribution in [0.15, 0.2) is 23.8 Å². The minimum atomic E-state index is -0.771. The monoisotopic (exact) mass is 376 g/mol. The van der Waals surface area contributed by atoms with Crippen molar-refractivity contribution in [3.05, 3.63) is 23.8 Å². The standard InChI is InChI=1S/C15H21IO3/c1-11-10-12(17)6-8-15(11,7-5-9-16)13(18)19-14(2,3)4/h6,8,10H,5,7,9H2,1-4H3. The molecule has 0 saturated heterocycles. The zero-order valence-electron chi connectivity index (χ0n) is 12.0. The zero-order chi connectivity index (χ0) is 14.7. The minimum absolute atomic E-state index is 0.0637. The van der Waals surface area contributed by atoms with Gasteiger partial charge in [0.05, 0.1) is 0 Å². The van der Waals surface area contributed by atoms with Crippen molar-refractivity contribution in [1.29, 1.82) is 0 Å². The van der Waals surface area contributed by atoms with Gasteiger partial charge in [0, 0.05) is 0 Å². The molecule has 0 amide bonds. The molecule has 0 radical (unpaired) electrons. The number of allylic oxidation sites excluding steroid dienone is 2. The molecule has 4 heteroatoms. The molecule has 106 valence electrons. The maximum absolute atomic E-state index is 12.5. The molecule has 1 rings (SSSR count). The third kappa shape index (κ3) is 4.16. The predicted octanol–water partition coefficient (Wildman–Crippen LogP) is 3.61. The number of hydrogen-bond donors (Lipinski definition) is 0. The van der Waals surface area contributed by atoms with Gasteiger partial charge in [0.25, 0.3) is 0 Å². The molecule has 1 unspecified atom stereocenters. The fourth-order valence-corrected chi connectivity index (χ4v) is 2.45. The summed E-state index contributed by atoms with van der Waals surface area (Å²) in [5, 5.41) is 0. The number of hydrogen-bond acceptors (Lipinski definition) is 3. The molecule has 0 aromatic carbocycles. The van der Waals surface area contributed by atoms with Crippen molar-refractivity contribution >= 4 is 34.3 Å². The normalized spacial score (nSPS) is 23.2. The highest BCUT2D eigenvalue weighted by Crippen LogP contribution is 2.39. The lowest BCUT2D eigenvalue weighted by Gasteiger charge is -2.34. The summed E-state index contributed by atoms with van der Waals surface area (Å²) >= 11 is 2.29. The van der Waals surface area contributed by atoms with Crippen LogP contribution < -0.4 is 0 Å². The summed E-state index contributed by atoms with van der Waals surface area (Å²) in [5.41, 5.74) is -0.518. The average Bonchev–Trinajstić information content (AvgIpc) is 2.26. The molecular formula is C15H21IO3. The Morgan fingerprint density at radius 1 is 1.42 bits per heavy atom. The summed E-state index contributed by atoms with van der Waals surface area (Å²) in [6.07, 6.45) is 6.31. The van der Waals surface area contributed by atoms with Crippen LogP contribution in [0.1, 0.15) is 40.5 Å². The maximum atomic E-state index is 12.5. The Morgan fingerprint density at radius 2 is 2.05 bits per heavy atom. The number of carbonyl (C=O) groups is 2. The predicted molar refractivity (Wildman–Crippen MR) is 84.3 cm³/mol. The van der Waals surface area contributed by atoms with E-state index in [1.807, 2.05) is 27.7 Å². The smallest absolute Gasteiger partial charge is 0.320 e. The van der Waals surface area contributed by atoms with Crippen LogP contribution in [0.2, 0.25) is 0 Å². The van der Waals surface area contributed by atoms with Gasteiger partial charge >= 0.3 is 5.97 Å². The lowest BCUT2D eigenvalue weighted by atomic mass is 9.74. The van der Waals surface area contributed by atoms with Gasteiger partial charge in [0.1, 0.15) is 11.0 Å². The van der Waals surface area contributed by atoms with Gasteiger partial charge in [-0.05, 0) is 62.7 Å². The van der Waals surface area contributed by atoms with Crippen molar-refractivity contribution in [2.24, 2.45) is 5.41 Å². The second-order valence-corrected chi connectivity index (χ2v) is 6.91. The van der Waals surface area contributed by atoms with Crippen molar-refractivity contribution < 1.29 is 14.3 Å². The van der Waals surface area contributed by atoms with Crippen molar-refractivity contribution in [2.45, 2.75) is 46.1 Å². The van der Waals surface area contributed by atoms with Crippen molar-refractivity contribution in [3.63, 3.8) is 0 Å².